The molecule has 0 bridgehead atoms. The highest BCUT2D eigenvalue weighted by molar-refractivity contribution is 6.12. The molecule has 0 saturated heterocycles. The molecule has 0 aliphatic carbocycles. The van der Waals surface area contributed by atoms with Crippen molar-refractivity contribution in [3.8, 4) is 108 Å². The number of fused-ring (bicyclic) bond motifs is 3. The van der Waals surface area contributed by atoms with Crippen LogP contribution in [0.25, 0.3) is 127 Å². The zero-order valence-electron chi connectivity index (χ0n) is 39.9. The minimum absolute atomic E-state index is 0.369. The molecule has 0 radical (unpaired) electrons. The standard InChI is InChI=1S/C66H37N9/c1-69-53-31-42(40-67)29-51(33-53)48-23-26-55-56-27-24-49(52-30-43(41-68)32-54(34-52)70-2)37-64(56)75(63(55)36-48)62-28-25-50(60-38-58(44-15-7-3-8-16-44)71-65(73-60)46-19-11-5-12-20-46)35-57(62)61-39-59(45-17-9-4-10-18-45)72-66(74-61)47-21-13-6-14-22-47/h3-39H. The van der Waals surface area contributed by atoms with Crippen molar-refractivity contribution < 1.29 is 0 Å². The molecule has 0 aliphatic rings. The first-order chi connectivity index (χ1) is 36.9. The van der Waals surface area contributed by atoms with Gasteiger partial charge in [-0.2, -0.15) is 10.5 Å². The third-order valence-electron chi connectivity index (χ3n) is 13.3. The average molecular weight is 956 g/mol. The van der Waals surface area contributed by atoms with Gasteiger partial charge in [-0.1, -0.05) is 152 Å². The lowest BCUT2D eigenvalue weighted by molar-refractivity contribution is 1.15. The van der Waals surface area contributed by atoms with Gasteiger partial charge in [-0.15, -0.1) is 0 Å². The predicted molar refractivity (Wildman–Crippen MR) is 297 cm³/mol. The minimum atomic E-state index is 0.369. The van der Waals surface area contributed by atoms with Gasteiger partial charge in [0.1, 0.15) is 0 Å². The third kappa shape index (κ3) is 8.68. The fourth-order valence-electron chi connectivity index (χ4n) is 9.67. The van der Waals surface area contributed by atoms with Crippen molar-refractivity contribution in [2.45, 2.75) is 0 Å². The lowest BCUT2D eigenvalue weighted by atomic mass is 9.99. The number of aromatic nitrogens is 5. The highest BCUT2D eigenvalue weighted by Gasteiger charge is 2.22. The molecule has 9 nitrogen and oxygen atoms in total. The molecule has 0 N–H and O–H groups in total. The van der Waals surface area contributed by atoms with Crippen LogP contribution in [0, 0.1) is 35.8 Å². The van der Waals surface area contributed by atoms with E-state index in [0.29, 0.717) is 45.5 Å². The molecular formula is C66H37N9. The normalized spacial score (nSPS) is 10.9. The number of hydrogen-bond acceptors (Lipinski definition) is 6. The summed E-state index contributed by atoms with van der Waals surface area (Å²) in [5.74, 6) is 1.14. The molecule has 12 aromatic rings. The van der Waals surface area contributed by atoms with Crippen LogP contribution in [0.1, 0.15) is 11.1 Å². The van der Waals surface area contributed by atoms with Gasteiger partial charge in [-0.05, 0) is 95.1 Å². The summed E-state index contributed by atoms with van der Waals surface area (Å²) >= 11 is 0. The molecule has 9 aromatic carbocycles. The Labute approximate surface area is 432 Å². The zero-order valence-corrected chi connectivity index (χ0v) is 39.9. The topological polar surface area (TPSA) is 113 Å². The average Bonchev–Trinajstić information content (AvgIpc) is 3.82. The molecule has 0 saturated carbocycles. The maximum atomic E-state index is 10.0. The van der Waals surface area contributed by atoms with Crippen LogP contribution in [-0.4, -0.2) is 24.5 Å². The van der Waals surface area contributed by atoms with Gasteiger partial charge in [0, 0.05) is 55.3 Å². The molecule has 0 spiro atoms. The Kier molecular flexibility index (Phi) is 11.6. The number of rotatable bonds is 9. The van der Waals surface area contributed by atoms with E-state index < -0.39 is 0 Å². The molecule has 0 atom stereocenters. The van der Waals surface area contributed by atoms with E-state index in [-0.39, 0.29) is 0 Å². The minimum Gasteiger partial charge on any atom is -0.309 e. The fourth-order valence-corrected chi connectivity index (χ4v) is 9.67. The van der Waals surface area contributed by atoms with Gasteiger partial charge >= 0.3 is 0 Å². The summed E-state index contributed by atoms with van der Waals surface area (Å²) in [5, 5.41) is 22.0. The number of nitrogens with zero attached hydrogens (tertiary/aromatic N) is 9. The summed E-state index contributed by atoms with van der Waals surface area (Å²) < 4.78 is 2.24. The van der Waals surface area contributed by atoms with E-state index in [2.05, 4.69) is 81.0 Å². The van der Waals surface area contributed by atoms with Crippen molar-refractivity contribution >= 4 is 33.2 Å². The van der Waals surface area contributed by atoms with Gasteiger partial charge in [0.2, 0.25) is 0 Å². The van der Waals surface area contributed by atoms with Crippen LogP contribution in [0.5, 0.6) is 0 Å². The van der Waals surface area contributed by atoms with E-state index in [9.17, 15) is 10.5 Å². The van der Waals surface area contributed by atoms with Gasteiger partial charge in [-0.25, -0.2) is 29.6 Å². The summed E-state index contributed by atoms with van der Waals surface area (Å²) in [4.78, 5) is 28.4. The first-order valence-electron chi connectivity index (χ1n) is 24.0. The summed E-state index contributed by atoms with van der Waals surface area (Å²) in [6.07, 6.45) is 0. The quantitative estimate of drug-likeness (QED) is 0.133. The van der Waals surface area contributed by atoms with Crippen LogP contribution in [0.15, 0.2) is 224 Å². The summed E-state index contributed by atoms with van der Waals surface area (Å²) in [6, 6.07) is 77.9. The molecule has 0 amide bonds. The highest BCUT2D eigenvalue weighted by atomic mass is 15.0. The van der Waals surface area contributed by atoms with E-state index in [1.807, 2.05) is 158 Å². The first kappa shape index (κ1) is 45.1. The van der Waals surface area contributed by atoms with Crippen LogP contribution >= 0.6 is 0 Å². The molecule has 0 fully saturated rings. The van der Waals surface area contributed by atoms with Crippen LogP contribution in [0.2, 0.25) is 0 Å². The van der Waals surface area contributed by atoms with Gasteiger partial charge in [0.15, 0.2) is 23.0 Å². The first-order valence-corrected chi connectivity index (χ1v) is 24.0. The second kappa shape index (κ2) is 19.2. The molecule has 75 heavy (non-hydrogen) atoms. The maximum Gasteiger partial charge on any atom is 0.189 e. The van der Waals surface area contributed by atoms with E-state index in [4.69, 9.17) is 33.1 Å². The Hall–Kier alpha value is -11.1. The molecule has 0 unspecified atom stereocenters. The van der Waals surface area contributed by atoms with Crippen molar-refractivity contribution in [1.82, 2.24) is 24.5 Å². The van der Waals surface area contributed by atoms with Crippen LogP contribution in [0.4, 0.5) is 11.4 Å². The summed E-state index contributed by atoms with van der Waals surface area (Å²) in [5.41, 5.74) is 15.2. The Morgan fingerprint density at radius 2 is 0.747 bits per heavy atom. The van der Waals surface area contributed by atoms with E-state index in [0.717, 1.165) is 94.5 Å². The summed E-state index contributed by atoms with van der Waals surface area (Å²) in [6.45, 7) is 15.7. The Morgan fingerprint density at radius 1 is 0.347 bits per heavy atom. The Morgan fingerprint density at radius 3 is 1.19 bits per heavy atom. The SMILES string of the molecule is [C-]#[N+]c1cc(C#N)cc(-c2ccc3c4ccc(-c5cc(C#N)cc([N+]#[C-])c5)cc4n(-c4ccc(-c5cc(-c6ccccc6)nc(-c6ccccc6)n5)cc4-c4cc(-c5ccccc5)nc(-c5ccccc5)n4)c3c2)c1. The highest BCUT2D eigenvalue weighted by Crippen LogP contribution is 2.43. The zero-order chi connectivity index (χ0) is 50.8. The van der Waals surface area contributed by atoms with E-state index in [1.54, 1.807) is 12.1 Å². The van der Waals surface area contributed by atoms with E-state index in [1.165, 1.54) is 0 Å². The second-order valence-electron chi connectivity index (χ2n) is 17.9. The molecule has 3 heterocycles. The lowest BCUT2D eigenvalue weighted by Crippen LogP contribution is -2.02. The third-order valence-corrected chi connectivity index (χ3v) is 13.3. The van der Waals surface area contributed by atoms with Crippen molar-refractivity contribution in [2.75, 3.05) is 0 Å². The molecule has 12 rings (SSSR count). The number of hydrogen-bond donors (Lipinski definition) is 0. The summed E-state index contributed by atoms with van der Waals surface area (Å²) in [7, 11) is 0. The lowest BCUT2D eigenvalue weighted by Gasteiger charge is -2.18. The van der Waals surface area contributed by atoms with Crippen molar-refractivity contribution in [2.24, 2.45) is 0 Å². The van der Waals surface area contributed by atoms with Crippen molar-refractivity contribution in [1.29, 1.82) is 10.5 Å². The molecule has 3 aromatic heterocycles. The smallest absolute Gasteiger partial charge is 0.189 e. The van der Waals surface area contributed by atoms with Crippen molar-refractivity contribution in [3.63, 3.8) is 0 Å². The second-order valence-corrected chi connectivity index (χ2v) is 17.9. The fraction of sp³-hybridized carbons (Fsp3) is 0. The molecule has 0 aliphatic heterocycles. The molecular weight excluding hydrogens is 919 g/mol. The largest absolute Gasteiger partial charge is 0.309 e. The Balaban J connectivity index is 1.19. The number of nitriles is 2. The maximum absolute atomic E-state index is 10.0. The van der Waals surface area contributed by atoms with Gasteiger partial charge < -0.3 is 4.57 Å². The predicted octanol–water partition coefficient (Wildman–Crippen LogP) is 16.5. The van der Waals surface area contributed by atoms with Gasteiger partial charge in [0.25, 0.3) is 0 Å². The Bertz CT molecular complexity index is 4070. The van der Waals surface area contributed by atoms with Crippen LogP contribution in [-0.2, 0) is 0 Å². The number of benzene rings is 9. The van der Waals surface area contributed by atoms with Crippen LogP contribution in [0.3, 0.4) is 0 Å². The molecule has 9 heteroatoms. The molecule has 346 valence electrons. The van der Waals surface area contributed by atoms with Crippen LogP contribution < -0.4 is 0 Å². The monoisotopic (exact) mass is 955 g/mol. The van der Waals surface area contributed by atoms with Gasteiger partial charge in [-0.3, -0.25) is 0 Å². The van der Waals surface area contributed by atoms with Gasteiger partial charge in [0.05, 0.1) is 64.8 Å². The van der Waals surface area contributed by atoms with E-state index >= 15 is 0 Å². The van der Waals surface area contributed by atoms with Crippen molar-refractivity contribution in [3.05, 3.63) is 258 Å².